The molecule has 1 atom stereocenters. The highest BCUT2D eigenvalue weighted by Crippen LogP contribution is 2.28. The lowest BCUT2D eigenvalue weighted by Crippen LogP contribution is -2.43. The highest BCUT2D eigenvalue weighted by molar-refractivity contribution is 7.89. The molecule has 0 spiro atoms. The number of amides is 1. The van der Waals surface area contributed by atoms with E-state index >= 15 is 0 Å². The van der Waals surface area contributed by atoms with Gasteiger partial charge < -0.3 is 14.8 Å². The van der Waals surface area contributed by atoms with Gasteiger partial charge in [0.05, 0.1) is 25.0 Å². The number of hydrogen-bond donors (Lipinski definition) is 1. The monoisotopic (exact) mass is 404 g/mol. The third-order valence-electron chi connectivity index (χ3n) is 4.75. The van der Waals surface area contributed by atoms with Gasteiger partial charge >= 0.3 is 0 Å². The minimum atomic E-state index is -3.61. The molecule has 0 bridgehead atoms. The quantitative estimate of drug-likeness (QED) is 0.800. The molecule has 8 heteroatoms. The molecule has 1 saturated heterocycles. The van der Waals surface area contributed by atoms with E-state index in [0.29, 0.717) is 36.6 Å². The number of rotatable bonds is 6. The first-order valence-corrected chi connectivity index (χ1v) is 10.5. The summed E-state index contributed by atoms with van der Waals surface area (Å²) in [5, 5.41) is 2.85. The molecular formula is C20H24N2O5S. The van der Waals surface area contributed by atoms with E-state index in [9.17, 15) is 13.2 Å². The van der Waals surface area contributed by atoms with E-state index in [4.69, 9.17) is 9.47 Å². The number of nitrogens with zero attached hydrogens (tertiary/aromatic N) is 1. The van der Waals surface area contributed by atoms with Gasteiger partial charge in [0, 0.05) is 37.0 Å². The first-order chi connectivity index (χ1) is 13.4. The van der Waals surface area contributed by atoms with Gasteiger partial charge in [0.15, 0.2) is 0 Å². The van der Waals surface area contributed by atoms with Crippen LogP contribution in [0.2, 0.25) is 0 Å². The summed E-state index contributed by atoms with van der Waals surface area (Å²) in [6.45, 7) is 0.568. The van der Waals surface area contributed by atoms with Crippen molar-refractivity contribution in [2.75, 3.05) is 32.6 Å². The normalized spacial score (nSPS) is 17.7. The average molecular weight is 404 g/mol. The molecule has 0 radical (unpaired) electrons. The first-order valence-electron chi connectivity index (χ1n) is 9.03. The molecule has 1 unspecified atom stereocenters. The average Bonchev–Trinajstić information content (AvgIpc) is 2.74. The van der Waals surface area contributed by atoms with Gasteiger partial charge in [-0.15, -0.1) is 0 Å². The number of carbonyl (C=O) groups is 1. The van der Waals surface area contributed by atoms with Crippen molar-refractivity contribution in [2.24, 2.45) is 5.92 Å². The SMILES string of the molecule is COc1cc(NC(=O)C2CCCN(S(=O)(=O)c3ccccc3)C2)cc(OC)c1. The van der Waals surface area contributed by atoms with Crippen molar-refractivity contribution in [3.63, 3.8) is 0 Å². The summed E-state index contributed by atoms with van der Waals surface area (Å²) < 4.78 is 37.5. The number of piperidine rings is 1. The molecule has 0 saturated carbocycles. The Morgan fingerprint density at radius 1 is 1.07 bits per heavy atom. The van der Waals surface area contributed by atoms with Gasteiger partial charge in [-0.3, -0.25) is 4.79 Å². The van der Waals surface area contributed by atoms with Crippen molar-refractivity contribution >= 4 is 21.6 Å². The lowest BCUT2D eigenvalue weighted by Gasteiger charge is -2.31. The predicted octanol–water partition coefficient (Wildman–Crippen LogP) is 2.74. The van der Waals surface area contributed by atoms with E-state index in [1.165, 1.54) is 18.5 Å². The molecule has 0 aliphatic carbocycles. The predicted molar refractivity (Wildman–Crippen MR) is 106 cm³/mol. The minimum Gasteiger partial charge on any atom is -0.497 e. The zero-order chi connectivity index (χ0) is 20.1. The lowest BCUT2D eigenvalue weighted by molar-refractivity contribution is -0.120. The van der Waals surface area contributed by atoms with Gasteiger partial charge in [0.25, 0.3) is 0 Å². The van der Waals surface area contributed by atoms with Crippen LogP contribution in [-0.2, 0) is 14.8 Å². The topological polar surface area (TPSA) is 84.9 Å². The molecule has 3 rings (SSSR count). The highest BCUT2D eigenvalue weighted by Gasteiger charge is 2.33. The Kier molecular flexibility index (Phi) is 6.21. The van der Waals surface area contributed by atoms with Crippen LogP contribution in [0, 0.1) is 5.92 Å². The summed E-state index contributed by atoms with van der Waals surface area (Å²) in [6, 6.07) is 13.4. The van der Waals surface area contributed by atoms with Gasteiger partial charge in [0.1, 0.15) is 11.5 Å². The van der Waals surface area contributed by atoms with Crippen molar-refractivity contribution in [3.05, 3.63) is 48.5 Å². The van der Waals surface area contributed by atoms with Crippen LogP contribution in [0.1, 0.15) is 12.8 Å². The third-order valence-corrected chi connectivity index (χ3v) is 6.63. The zero-order valence-electron chi connectivity index (χ0n) is 15.9. The van der Waals surface area contributed by atoms with E-state index in [1.54, 1.807) is 48.5 Å². The summed E-state index contributed by atoms with van der Waals surface area (Å²) in [6.07, 6.45) is 1.26. The van der Waals surface area contributed by atoms with Crippen LogP contribution in [0.3, 0.4) is 0 Å². The summed E-state index contributed by atoms with van der Waals surface area (Å²) in [4.78, 5) is 13.0. The van der Waals surface area contributed by atoms with Crippen LogP contribution in [0.4, 0.5) is 5.69 Å². The highest BCUT2D eigenvalue weighted by atomic mass is 32.2. The first kappa shape index (κ1) is 20.2. The molecule has 1 fully saturated rings. The van der Waals surface area contributed by atoms with Crippen LogP contribution in [0.5, 0.6) is 11.5 Å². The Morgan fingerprint density at radius 2 is 1.71 bits per heavy atom. The van der Waals surface area contributed by atoms with Crippen LogP contribution in [0.15, 0.2) is 53.4 Å². The summed E-state index contributed by atoms with van der Waals surface area (Å²) in [7, 11) is -0.538. The maximum Gasteiger partial charge on any atom is 0.243 e. The van der Waals surface area contributed by atoms with Gasteiger partial charge in [-0.1, -0.05) is 18.2 Å². The fraction of sp³-hybridized carbons (Fsp3) is 0.350. The van der Waals surface area contributed by atoms with Crippen molar-refractivity contribution < 1.29 is 22.7 Å². The molecule has 1 heterocycles. The Balaban J connectivity index is 1.73. The molecule has 150 valence electrons. The molecule has 1 N–H and O–H groups in total. The number of methoxy groups -OCH3 is 2. The van der Waals surface area contributed by atoms with Gasteiger partial charge in [0.2, 0.25) is 15.9 Å². The van der Waals surface area contributed by atoms with Gasteiger partial charge in [-0.05, 0) is 25.0 Å². The molecule has 0 aromatic heterocycles. The Labute approximate surface area is 165 Å². The smallest absolute Gasteiger partial charge is 0.243 e. The maximum absolute atomic E-state index is 12.8. The van der Waals surface area contributed by atoms with Crippen molar-refractivity contribution in [3.8, 4) is 11.5 Å². The van der Waals surface area contributed by atoms with E-state index in [0.717, 1.165) is 0 Å². The number of benzene rings is 2. The molecule has 1 amide bonds. The Hall–Kier alpha value is -2.58. The van der Waals surface area contributed by atoms with E-state index < -0.39 is 15.9 Å². The van der Waals surface area contributed by atoms with Crippen molar-refractivity contribution in [1.82, 2.24) is 4.31 Å². The molecule has 28 heavy (non-hydrogen) atoms. The zero-order valence-corrected chi connectivity index (χ0v) is 16.7. The molecule has 2 aromatic rings. The molecule has 1 aliphatic heterocycles. The van der Waals surface area contributed by atoms with Gasteiger partial charge in [-0.25, -0.2) is 8.42 Å². The van der Waals surface area contributed by atoms with Crippen LogP contribution in [-0.4, -0.2) is 45.9 Å². The Morgan fingerprint density at radius 3 is 2.32 bits per heavy atom. The second-order valence-electron chi connectivity index (χ2n) is 6.61. The van der Waals surface area contributed by atoms with Crippen LogP contribution < -0.4 is 14.8 Å². The van der Waals surface area contributed by atoms with E-state index in [1.807, 2.05) is 0 Å². The van der Waals surface area contributed by atoms with Crippen LogP contribution in [0.25, 0.3) is 0 Å². The van der Waals surface area contributed by atoms with Crippen LogP contribution >= 0.6 is 0 Å². The molecule has 2 aromatic carbocycles. The number of nitrogens with one attached hydrogen (secondary N) is 1. The fourth-order valence-electron chi connectivity index (χ4n) is 3.24. The second kappa shape index (κ2) is 8.62. The fourth-order valence-corrected chi connectivity index (χ4v) is 4.79. The number of carbonyl (C=O) groups excluding carboxylic acids is 1. The Bertz CT molecular complexity index is 909. The third kappa shape index (κ3) is 4.45. The maximum atomic E-state index is 12.8. The summed E-state index contributed by atoms with van der Waals surface area (Å²) in [5.41, 5.74) is 0.546. The number of hydrogen-bond acceptors (Lipinski definition) is 5. The summed E-state index contributed by atoms with van der Waals surface area (Å²) >= 11 is 0. The molecule has 7 nitrogen and oxygen atoms in total. The van der Waals surface area contributed by atoms with Crippen molar-refractivity contribution in [2.45, 2.75) is 17.7 Å². The standard InChI is InChI=1S/C20H24N2O5S/c1-26-17-11-16(12-18(13-17)27-2)21-20(23)15-7-6-10-22(14-15)28(24,25)19-8-4-3-5-9-19/h3-5,8-9,11-13,15H,6-7,10,14H2,1-2H3,(H,21,23). The lowest BCUT2D eigenvalue weighted by atomic mass is 9.98. The number of ether oxygens (including phenoxy) is 2. The second-order valence-corrected chi connectivity index (χ2v) is 8.54. The van der Waals surface area contributed by atoms with Crippen molar-refractivity contribution in [1.29, 1.82) is 0 Å². The van der Waals surface area contributed by atoms with Gasteiger partial charge in [-0.2, -0.15) is 4.31 Å². The summed E-state index contributed by atoms with van der Waals surface area (Å²) in [5.74, 6) is 0.478. The van der Waals surface area contributed by atoms with E-state index in [2.05, 4.69) is 5.32 Å². The number of anilines is 1. The largest absolute Gasteiger partial charge is 0.497 e. The minimum absolute atomic E-state index is 0.157. The molecular weight excluding hydrogens is 380 g/mol. The number of sulfonamides is 1. The van der Waals surface area contributed by atoms with E-state index in [-0.39, 0.29) is 17.3 Å². The molecule has 1 aliphatic rings.